The highest BCUT2D eigenvalue weighted by molar-refractivity contribution is 5.82. The molecule has 0 unspecified atom stereocenters. The number of halogens is 1. The predicted molar refractivity (Wildman–Crippen MR) is 70.2 cm³/mol. The molecule has 0 amide bonds. The van der Waals surface area contributed by atoms with Gasteiger partial charge in [-0.1, -0.05) is 12.1 Å². The van der Waals surface area contributed by atoms with E-state index in [9.17, 15) is 9.18 Å². The molecular formula is C15H16FNO2. The van der Waals surface area contributed by atoms with E-state index in [-0.39, 0.29) is 11.6 Å². The van der Waals surface area contributed by atoms with Gasteiger partial charge in [0, 0.05) is 18.5 Å². The molecule has 0 atom stereocenters. The Hall–Kier alpha value is -1.94. The summed E-state index contributed by atoms with van der Waals surface area (Å²) in [6.45, 7) is 1.04. The lowest BCUT2D eigenvalue weighted by Gasteiger charge is -2.14. The van der Waals surface area contributed by atoms with Crippen LogP contribution in [0.5, 0.6) is 0 Å². The molecule has 0 radical (unpaired) electrons. The van der Waals surface area contributed by atoms with Gasteiger partial charge in [-0.05, 0) is 30.8 Å². The quantitative estimate of drug-likeness (QED) is 0.801. The standard InChI is InChI=1S/C15H16FNO2/c1-17(9-13-6-7-19-11-13)10-15(18)8-12-2-4-14(16)5-3-12/h2-7,11H,8-10H2,1H3. The van der Waals surface area contributed by atoms with E-state index in [0.29, 0.717) is 19.5 Å². The van der Waals surface area contributed by atoms with E-state index in [0.717, 1.165) is 11.1 Å². The molecule has 0 spiro atoms. The fraction of sp³-hybridized carbons (Fsp3) is 0.267. The SMILES string of the molecule is CN(CC(=O)Cc1ccc(F)cc1)Cc1ccoc1. The molecule has 19 heavy (non-hydrogen) atoms. The first kappa shape index (κ1) is 13.5. The van der Waals surface area contributed by atoms with Crippen molar-refractivity contribution in [3.63, 3.8) is 0 Å². The summed E-state index contributed by atoms with van der Waals surface area (Å²) >= 11 is 0. The first-order valence-corrected chi connectivity index (χ1v) is 6.09. The molecule has 100 valence electrons. The molecule has 1 heterocycles. The minimum absolute atomic E-state index is 0.109. The number of likely N-dealkylation sites (N-methyl/N-ethyl adjacent to an activating group) is 1. The summed E-state index contributed by atoms with van der Waals surface area (Å²) in [5.74, 6) is -0.175. The number of carbonyl (C=O) groups is 1. The summed E-state index contributed by atoms with van der Waals surface area (Å²) in [6, 6.07) is 7.91. The van der Waals surface area contributed by atoms with Crippen molar-refractivity contribution in [2.45, 2.75) is 13.0 Å². The molecule has 0 saturated heterocycles. The number of benzene rings is 1. The van der Waals surface area contributed by atoms with Gasteiger partial charge in [-0.15, -0.1) is 0 Å². The number of hydrogen-bond acceptors (Lipinski definition) is 3. The highest BCUT2D eigenvalue weighted by atomic mass is 19.1. The molecule has 0 aliphatic carbocycles. The minimum atomic E-state index is -0.284. The van der Waals surface area contributed by atoms with E-state index < -0.39 is 0 Å². The molecule has 0 bridgehead atoms. The van der Waals surface area contributed by atoms with Crippen LogP contribution in [-0.2, 0) is 17.8 Å². The van der Waals surface area contributed by atoms with Crippen LogP contribution in [0.25, 0.3) is 0 Å². The molecule has 0 aliphatic rings. The summed E-state index contributed by atoms with van der Waals surface area (Å²) in [5, 5.41) is 0. The number of rotatable bonds is 6. The van der Waals surface area contributed by atoms with Crippen LogP contribution in [0, 0.1) is 5.82 Å². The summed E-state index contributed by atoms with van der Waals surface area (Å²) in [6.07, 6.45) is 3.61. The lowest BCUT2D eigenvalue weighted by atomic mass is 10.1. The maximum atomic E-state index is 12.7. The number of ketones is 1. The van der Waals surface area contributed by atoms with Crippen molar-refractivity contribution in [1.82, 2.24) is 4.90 Å². The van der Waals surface area contributed by atoms with E-state index in [1.165, 1.54) is 12.1 Å². The maximum Gasteiger partial charge on any atom is 0.151 e. The van der Waals surface area contributed by atoms with Crippen LogP contribution in [0.4, 0.5) is 4.39 Å². The smallest absolute Gasteiger partial charge is 0.151 e. The fourth-order valence-corrected chi connectivity index (χ4v) is 1.94. The number of Topliss-reactive ketones (excluding diaryl/α,β-unsaturated/α-hetero) is 1. The monoisotopic (exact) mass is 261 g/mol. The van der Waals surface area contributed by atoms with Crippen LogP contribution in [-0.4, -0.2) is 24.3 Å². The van der Waals surface area contributed by atoms with Crippen LogP contribution in [0.1, 0.15) is 11.1 Å². The summed E-state index contributed by atoms with van der Waals surface area (Å²) in [5.41, 5.74) is 1.88. The molecule has 0 aliphatic heterocycles. The van der Waals surface area contributed by atoms with E-state index in [1.807, 2.05) is 18.0 Å². The van der Waals surface area contributed by atoms with Crippen LogP contribution >= 0.6 is 0 Å². The summed E-state index contributed by atoms with van der Waals surface area (Å²) in [4.78, 5) is 13.8. The summed E-state index contributed by atoms with van der Waals surface area (Å²) in [7, 11) is 1.88. The van der Waals surface area contributed by atoms with Crippen LogP contribution in [0.3, 0.4) is 0 Å². The number of nitrogens with zero attached hydrogens (tertiary/aromatic N) is 1. The second kappa shape index (κ2) is 6.29. The van der Waals surface area contributed by atoms with Crippen molar-refractivity contribution in [2.24, 2.45) is 0 Å². The Morgan fingerprint density at radius 2 is 1.95 bits per heavy atom. The molecule has 2 aromatic rings. The van der Waals surface area contributed by atoms with E-state index in [2.05, 4.69) is 0 Å². The van der Waals surface area contributed by atoms with E-state index in [1.54, 1.807) is 24.7 Å². The topological polar surface area (TPSA) is 33.5 Å². The highest BCUT2D eigenvalue weighted by Crippen LogP contribution is 2.06. The highest BCUT2D eigenvalue weighted by Gasteiger charge is 2.09. The van der Waals surface area contributed by atoms with Crippen molar-refractivity contribution in [1.29, 1.82) is 0 Å². The molecule has 0 saturated carbocycles. The van der Waals surface area contributed by atoms with Gasteiger partial charge in [0.25, 0.3) is 0 Å². The first-order chi connectivity index (χ1) is 9.13. The van der Waals surface area contributed by atoms with Gasteiger partial charge in [0.05, 0.1) is 19.1 Å². The van der Waals surface area contributed by atoms with Crippen molar-refractivity contribution < 1.29 is 13.6 Å². The van der Waals surface area contributed by atoms with Gasteiger partial charge in [0.15, 0.2) is 5.78 Å². The maximum absolute atomic E-state index is 12.7. The Morgan fingerprint density at radius 3 is 2.58 bits per heavy atom. The Morgan fingerprint density at radius 1 is 1.21 bits per heavy atom. The number of hydrogen-bond donors (Lipinski definition) is 0. The molecule has 3 nitrogen and oxygen atoms in total. The van der Waals surface area contributed by atoms with Gasteiger partial charge in [-0.2, -0.15) is 0 Å². The first-order valence-electron chi connectivity index (χ1n) is 6.09. The van der Waals surface area contributed by atoms with Crippen molar-refractivity contribution >= 4 is 5.78 Å². The lowest BCUT2D eigenvalue weighted by Crippen LogP contribution is -2.26. The number of carbonyl (C=O) groups excluding carboxylic acids is 1. The Kier molecular flexibility index (Phi) is 4.47. The third-order valence-electron chi connectivity index (χ3n) is 2.79. The van der Waals surface area contributed by atoms with Gasteiger partial charge < -0.3 is 4.42 Å². The van der Waals surface area contributed by atoms with E-state index in [4.69, 9.17) is 4.42 Å². The van der Waals surface area contributed by atoms with E-state index >= 15 is 0 Å². The largest absolute Gasteiger partial charge is 0.472 e. The molecule has 4 heteroatoms. The lowest BCUT2D eigenvalue weighted by molar-refractivity contribution is -0.119. The molecule has 0 N–H and O–H groups in total. The number of furan rings is 1. The Balaban J connectivity index is 1.82. The fourth-order valence-electron chi connectivity index (χ4n) is 1.94. The third-order valence-corrected chi connectivity index (χ3v) is 2.79. The molecule has 0 fully saturated rings. The zero-order valence-corrected chi connectivity index (χ0v) is 10.8. The zero-order chi connectivity index (χ0) is 13.7. The second-order valence-electron chi connectivity index (χ2n) is 4.65. The second-order valence-corrected chi connectivity index (χ2v) is 4.65. The van der Waals surface area contributed by atoms with Gasteiger partial charge in [0.2, 0.25) is 0 Å². The van der Waals surface area contributed by atoms with Crippen molar-refractivity contribution in [2.75, 3.05) is 13.6 Å². The van der Waals surface area contributed by atoms with Gasteiger partial charge in [-0.3, -0.25) is 9.69 Å². The molecular weight excluding hydrogens is 245 g/mol. The zero-order valence-electron chi connectivity index (χ0n) is 10.8. The molecule has 1 aromatic carbocycles. The van der Waals surface area contributed by atoms with Crippen LogP contribution < -0.4 is 0 Å². The minimum Gasteiger partial charge on any atom is -0.472 e. The van der Waals surface area contributed by atoms with Gasteiger partial charge >= 0.3 is 0 Å². The average molecular weight is 261 g/mol. The Labute approximate surface area is 111 Å². The van der Waals surface area contributed by atoms with Crippen molar-refractivity contribution in [3.05, 3.63) is 59.8 Å². The van der Waals surface area contributed by atoms with Gasteiger partial charge in [-0.25, -0.2) is 4.39 Å². The van der Waals surface area contributed by atoms with Crippen LogP contribution in [0.15, 0.2) is 47.3 Å². The third kappa shape index (κ3) is 4.34. The molecule has 2 rings (SSSR count). The Bertz CT molecular complexity index is 520. The normalized spacial score (nSPS) is 10.9. The van der Waals surface area contributed by atoms with Gasteiger partial charge in [0.1, 0.15) is 5.82 Å². The average Bonchev–Trinajstić information content (AvgIpc) is 2.84. The van der Waals surface area contributed by atoms with Crippen LogP contribution in [0.2, 0.25) is 0 Å². The van der Waals surface area contributed by atoms with Crippen molar-refractivity contribution in [3.8, 4) is 0 Å². The summed E-state index contributed by atoms with van der Waals surface area (Å²) < 4.78 is 17.7. The molecule has 1 aromatic heterocycles. The predicted octanol–water partition coefficient (Wildman–Crippen LogP) is 2.66.